The van der Waals surface area contributed by atoms with Crippen molar-refractivity contribution < 1.29 is 9.90 Å². The molecule has 0 spiro atoms. The number of hydrogen-bond acceptors (Lipinski definition) is 2. The molecule has 1 aromatic rings. The third kappa shape index (κ3) is 2.48. The smallest absolute Gasteiger partial charge is 0.336 e. The molecule has 0 aromatic carbocycles. The van der Waals surface area contributed by atoms with Gasteiger partial charge in [0, 0.05) is 11.4 Å². The van der Waals surface area contributed by atoms with Gasteiger partial charge in [-0.15, -0.1) is 0 Å². The maximum absolute atomic E-state index is 11.3. The SMILES string of the molecule is CC(C)c1cc(C(=O)O)c2c(n1)CCCCC2. The molecule has 3 heteroatoms. The van der Waals surface area contributed by atoms with Crippen molar-refractivity contribution in [3.8, 4) is 0 Å². The molecule has 92 valence electrons. The van der Waals surface area contributed by atoms with E-state index in [-0.39, 0.29) is 5.92 Å². The first-order valence-electron chi connectivity index (χ1n) is 6.35. The summed E-state index contributed by atoms with van der Waals surface area (Å²) in [6.45, 7) is 4.11. The number of aromatic carboxylic acids is 1. The Labute approximate surface area is 102 Å². The molecule has 0 unspecified atom stereocenters. The number of nitrogens with zero attached hydrogens (tertiary/aromatic N) is 1. The Bertz CT molecular complexity index is 438. The van der Waals surface area contributed by atoms with Crippen LogP contribution in [0.1, 0.15) is 66.3 Å². The van der Waals surface area contributed by atoms with Crippen LogP contribution in [-0.2, 0) is 12.8 Å². The Morgan fingerprint density at radius 1 is 1.29 bits per heavy atom. The molecule has 2 rings (SSSR count). The van der Waals surface area contributed by atoms with Crippen molar-refractivity contribution in [2.45, 2.75) is 51.9 Å². The molecule has 1 aliphatic carbocycles. The Kier molecular flexibility index (Phi) is 3.46. The molecule has 0 saturated carbocycles. The minimum Gasteiger partial charge on any atom is -0.478 e. The fourth-order valence-electron chi connectivity index (χ4n) is 2.39. The van der Waals surface area contributed by atoms with Crippen molar-refractivity contribution in [2.75, 3.05) is 0 Å². The highest BCUT2D eigenvalue weighted by molar-refractivity contribution is 5.89. The summed E-state index contributed by atoms with van der Waals surface area (Å²) < 4.78 is 0. The average Bonchev–Trinajstić information content (AvgIpc) is 2.51. The van der Waals surface area contributed by atoms with E-state index in [2.05, 4.69) is 18.8 Å². The van der Waals surface area contributed by atoms with Crippen LogP contribution < -0.4 is 0 Å². The number of rotatable bonds is 2. The minimum atomic E-state index is -0.813. The lowest BCUT2D eigenvalue weighted by Gasteiger charge is -2.13. The zero-order valence-corrected chi connectivity index (χ0v) is 10.5. The number of aromatic nitrogens is 1. The third-order valence-corrected chi connectivity index (χ3v) is 3.39. The number of pyridine rings is 1. The van der Waals surface area contributed by atoms with Crippen LogP contribution in [0.5, 0.6) is 0 Å². The summed E-state index contributed by atoms with van der Waals surface area (Å²) in [5, 5.41) is 9.31. The number of carbonyl (C=O) groups is 1. The summed E-state index contributed by atoms with van der Waals surface area (Å²) in [7, 11) is 0. The van der Waals surface area contributed by atoms with E-state index >= 15 is 0 Å². The molecule has 1 aliphatic rings. The summed E-state index contributed by atoms with van der Waals surface area (Å²) in [6, 6.07) is 1.76. The van der Waals surface area contributed by atoms with Crippen LogP contribution in [0.25, 0.3) is 0 Å². The van der Waals surface area contributed by atoms with Gasteiger partial charge in [-0.25, -0.2) is 4.79 Å². The summed E-state index contributed by atoms with van der Waals surface area (Å²) in [6.07, 6.45) is 5.17. The zero-order chi connectivity index (χ0) is 12.4. The van der Waals surface area contributed by atoms with Gasteiger partial charge < -0.3 is 5.11 Å². The van der Waals surface area contributed by atoms with Gasteiger partial charge >= 0.3 is 5.97 Å². The van der Waals surface area contributed by atoms with Gasteiger partial charge in [-0.05, 0) is 43.2 Å². The van der Waals surface area contributed by atoms with Crippen molar-refractivity contribution in [3.63, 3.8) is 0 Å². The van der Waals surface area contributed by atoms with Crippen molar-refractivity contribution in [1.29, 1.82) is 0 Å². The largest absolute Gasteiger partial charge is 0.478 e. The predicted octanol–water partition coefficient (Wildman–Crippen LogP) is 3.17. The standard InChI is InChI=1S/C14H19NO2/c1-9(2)13-8-11(14(16)17)10-6-4-3-5-7-12(10)15-13/h8-9H,3-7H2,1-2H3,(H,16,17). The van der Waals surface area contributed by atoms with Crippen LogP contribution in [0.2, 0.25) is 0 Å². The fraction of sp³-hybridized carbons (Fsp3) is 0.571. The molecule has 0 amide bonds. The van der Waals surface area contributed by atoms with Crippen molar-refractivity contribution in [3.05, 3.63) is 28.6 Å². The van der Waals surface area contributed by atoms with Crippen LogP contribution in [0.3, 0.4) is 0 Å². The van der Waals surface area contributed by atoms with Crippen LogP contribution in [0.15, 0.2) is 6.07 Å². The van der Waals surface area contributed by atoms with Gasteiger partial charge in [-0.3, -0.25) is 4.98 Å². The number of fused-ring (bicyclic) bond motifs is 1. The second-order valence-electron chi connectivity index (χ2n) is 5.04. The van der Waals surface area contributed by atoms with Gasteiger partial charge in [-0.2, -0.15) is 0 Å². The average molecular weight is 233 g/mol. The molecular weight excluding hydrogens is 214 g/mol. The first kappa shape index (κ1) is 12.1. The first-order chi connectivity index (χ1) is 8.09. The molecule has 0 radical (unpaired) electrons. The summed E-state index contributed by atoms with van der Waals surface area (Å²) >= 11 is 0. The van der Waals surface area contributed by atoms with E-state index in [1.165, 1.54) is 6.42 Å². The highest BCUT2D eigenvalue weighted by atomic mass is 16.4. The van der Waals surface area contributed by atoms with Gasteiger partial charge in [0.2, 0.25) is 0 Å². The van der Waals surface area contributed by atoms with Gasteiger partial charge in [0.25, 0.3) is 0 Å². The van der Waals surface area contributed by atoms with Gasteiger partial charge in [-0.1, -0.05) is 20.3 Å². The highest BCUT2D eigenvalue weighted by Crippen LogP contribution is 2.25. The van der Waals surface area contributed by atoms with E-state index in [9.17, 15) is 9.90 Å². The van der Waals surface area contributed by atoms with Gasteiger partial charge in [0.05, 0.1) is 5.56 Å². The molecule has 1 heterocycles. The Morgan fingerprint density at radius 2 is 2.00 bits per heavy atom. The Balaban J connectivity index is 2.55. The van der Waals surface area contributed by atoms with E-state index < -0.39 is 5.97 Å². The summed E-state index contributed by atoms with van der Waals surface area (Å²) in [5.74, 6) is -0.533. The zero-order valence-electron chi connectivity index (χ0n) is 10.5. The maximum Gasteiger partial charge on any atom is 0.336 e. The van der Waals surface area contributed by atoms with Crippen LogP contribution in [0, 0.1) is 0 Å². The molecule has 3 nitrogen and oxygen atoms in total. The second-order valence-corrected chi connectivity index (χ2v) is 5.04. The molecule has 17 heavy (non-hydrogen) atoms. The summed E-state index contributed by atoms with van der Waals surface area (Å²) in [5.41, 5.74) is 3.37. The lowest BCUT2D eigenvalue weighted by atomic mass is 9.98. The van der Waals surface area contributed by atoms with Gasteiger partial charge in [0.1, 0.15) is 0 Å². The van der Waals surface area contributed by atoms with Crippen molar-refractivity contribution in [2.24, 2.45) is 0 Å². The summed E-state index contributed by atoms with van der Waals surface area (Å²) in [4.78, 5) is 16.0. The quantitative estimate of drug-likeness (QED) is 0.798. The topological polar surface area (TPSA) is 50.2 Å². The fourth-order valence-corrected chi connectivity index (χ4v) is 2.39. The first-order valence-corrected chi connectivity index (χ1v) is 6.35. The van der Waals surface area contributed by atoms with E-state index in [0.717, 1.165) is 42.6 Å². The van der Waals surface area contributed by atoms with Crippen molar-refractivity contribution >= 4 is 5.97 Å². The molecule has 0 bridgehead atoms. The Morgan fingerprint density at radius 3 is 2.65 bits per heavy atom. The van der Waals surface area contributed by atoms with E-state index in [4.69, 9.17) is 0 Å². The number of aryl methyl sites for hydroxylation is 1. The number of carboxylic acids is 1. The van der Waals surface area contributed by atoms with E-state index in [1.807, 2.05) is 0 Å². The molecule has 1 N–H and O–H groups in total. The predicted molar refractivity (Wildman–Crippen MR) is 66.5 cm³/mol. The van der Waals surface area contributed by atoms with Crippen LogP contribution >= 0.6 is 0 Å². The van der Waals surface area contributed by atoms with Gasteiger partial charge in [0.15, 0.2) is 0 Å². The lowest BCUT2D eigenvalue weighted by molar-refractivity contribution is 0.0695. The molecule has 0 fully saturated rings. The number of hydrogen-bond donors (Lipinski definition) is 1. The van der Waals surface area contributed by atoms with Crippen LogP contribution in [0.4, 0.5) is 0 Å². The highest BCUT2D eigenvalue weighted by Gasteiger charge is 2.19. The molecular formula is C14H19NO2. The normalized spacial score (nSPS) is 15.5. The monoisotopic (exact) mass is 233 g/mol. The molecule has 0 saturated heterocycles. The molecule has 0 atom stereocenters. The molecule has 0 aliphatic heterocycles. The van der Waals surface area contributed by atoms with E-state index in [0.29, 0.717) is 5.56 Å². The van der Waals surface area contributed by atoms with E-state index in [1.54, 1.807) is 6.07 Å². The molecule has 1 aromatic heterocycles. The maximum atomic E-state index is 11.3. The lowest BCUT2D eigenvalue weighted by Crippen LogP contribution is -2.10. The minimum absolute atomic E-state index is 0.279. The van der Waals surface area contributed by atoms with Crippen molar-refractivity contribution in [1.82, 2.24) is 4.98 Å². The number of carboxylic acid groups (broad SMARTS) is 1. The second kappa shape index (κ2) is 4.86. The third-order valence-electron chi connectivity index (χ3n) is 3.39. The Hall–Kier alpha value is -1.38. The van der Waals surface area contributed by atoms with Crippen LogP contribution in [-0.4, -0.2) is 16.1 Å².